The van der Waals surface area contributed by atoms with E-state index in [-0.39, 0.29) is 5.78 Å². The number of rotatable bonds is 5. The number of hydrogen-bond donors (Lipinski definition) is 1. The maximum atomic E-state index is 12.4. The van der Waals surface area contributed by atoms with Crippen LogP contribution < -0.4 is 0 Å². The molecule has 3 rings (SSSR count). The summed E-state index contributed by atoms with van der Waals surface area (Å²) >= 11 is 7.59. The van der Waals surface area contributed by atoms with Gasteiger partial charge >= 0.3 is 0 Å². The molecule has 0 fully saturated rings. The quantitative estimate of drug-likeness (QED) is 0.550. The molecule has 0 aliphatic rings. The number of Topliss-reactive ketones (excluding diaryl/α,β-unsaturated/α-hetero) is 1. The molecule has 0 aliphatic carbocycles. The fourth-order valence-corrected chi connectivity index (χ4v) is 3.55. The van der Waals surface area contributed by atoms with Gasteiger partial charge in [0.1, 0.15) is 0 Å². The van der Waals surface area contributed by atoms with E-state index in [1.54, 1.807) is 0 Å². The van der Waals surface area contributed by atoms with Crippen LogP contribution in [0.1, 0.15) is 21.7 Å². The molecule has 7 heteroatoms. The zero-order chi connectivity index (χ0) is 17.3. The third-order valence-electron chi connectivity index (χ3n) is 3.73. The van der Waals surface area contributed by atoms with Gasteiger partial charge in [-0.25, -0.2) is 0 Å². The standard InChI is InChI=1S/C17H17ClN4OS/c1-10-8-13(11(2)19-10)15(23)9-24-17-21-20-16(22(17)3)12-6-4-5-7-14(12)18/h4-8,19H,9H2,1-3H3. The van der Waals surface area contributed by atoms with E-state index in [9.17, 15) is 4.79 Å². The maximum Gasteiger partial charge on any atom is 0.191 e. The van der Waals surface area contributed by atoms with Crippen LogP contribution in [0.4, 0.5) is 0 Å². The summed E-state index contributed by atoms with van der Waals surface area (Å²) in [6.07, 6.45) is 0. The average Bonchev–Trinajstić information content (AvgIpc) is 3.08. The Balaban J connectivity index is 1.77. The zero-order valence-electron chi connectivity index (χ0n) is 13.6. The van der Waals surface area contributed by atoms with E-state index < -0.39 is 0 Å². The van der Waals surface area contributed by atoms with Crippen LogP contribution in [0.5, 0.6) is 0 Å². The number of halogens is 1. The lowest BCUT2D eigenvalue weighted by atomic mass is 10.2. The Morgan fingerprint density at radius 3 is 2.71 bits per heavy atom. The van der Waals surface area contributed by atoms with Crippen LogP contribution in [0.15, 0.2) is 35.5 Å². The number of carbonyl (C=O) groups is 1. The van der Waals surface area contributed by atoms with Crippen molar-refractivity contribution >= 4 is 29.1 Å². The molecule has 5 nitrogen and oxygen atoms in total. The number of nitrogens with zero attached hydrogens (tertiary/aromatic N) is 3. The van der Waals surface area contributed by atoms with Gasteiger partial charge in [-0.15, -0.1) is 10.2 Å². The van der Waals surface area contributed by atoms with Crippen molar-refractivity contribution < 1.29 is 4.79 Å². The molecule has 1 aromatic carbocycles. The highest BCUT2D eigenvalue weighted by atomic mass is 35.5. The highest BCUT2D eigenvalue weighted by Gasteiger charge is 2.16. The molecular weight excluding hydrogens is 344 g/mol. The Labute approximate surface area is 149 Å². The molecule has 0 spiro atoms. The molecule has 0 saturated carbocycles. The third-order valence-corrected chi connectivity index (χ3v) is 5.08. The van der Waals surface area contributed by atoms with E-state index in [1.165, 1.54) is 11.8 Å². The Morgan fingerprint density at radius 2 is 2.04 bits per heavy atom. The first-order valence-electron chi connectivity index (χ1n) is 7.44. The summed E-state index contributed by atoms with van der Waals surface area (Å²) in [5.74, 6) is 1.07. The summed E-state index contributed by atoms with van der Waals surface area (Å²) in [5.41, 5.74) is 3.44. The van der Waals surface area contributed by atoms with E-state index in [0.29, 0.717) is 21.8 Å². The molecule has 3 aromatic rings. The highest BCUT2D eigenvalue weighted by molar-refractivity contribution is 7.99. The Hall–Kier alpha value is -2.05. The second-order valence-corrected chi connectivity index (χ2v) is 6.90. The second-order valence-electron chi connectivity index (χ2n) is 5.55. The number of aromatic nitrogens is 4. The maximum absolute atomic E-state index is 12.4. The van der Waals surface area contributed by atoms with Crippen LogP contribution in [0.3, 0.4) is 0 Å². The van der Waals surface area contributed by atoms with Crippen LogP contribution in [-0.2, 0) is 7.05 Å². The van der Waals surface area contributed by atoms with Crippen molar-refractivity contribution in [2.75, 3.05) is 5.75 Å². The second kappa shape index (κ2) is 6.83. The molecule has 0 radical (unpaired) electrons. The van der Waals surface area contributed by atoms with Gasteiger partial charge in [-0.2, -0.15) is 0 Å². The number of ketones is 1. The molecule has 0 aliphatic heterocycles. The van der Waals surface area contributed by atoms with Gasteiger partial charge in [-0.3, -0.25) is 4.79 Å². The minimum absolute atomic E-state index is 0.0733. The van der Waals surface area contributed by atoms with Gasteiger partial charge in [0.25, 0.3) is 0 Å². The first kappa shape index (κ1) is 16.8. The molecule has 2 aromatic heterocycles. The topological polar surface area (TPSA) is 63.6 Å². The number of nitrogens with one attached hydrogen (secondary N) is 1. The molecule has 0 unspecified atom stereocenters. The molecular formula is C17H17ClN4OS. The Kier molecular flexibility index (Phi) is 4.78. The van der Waals surface area contributed by atoms with Gasteiger partial charge in [0.05, 0.1) is 10.8 Å². The summed E-state index contributed by atoms with van der Waals surface area (Å²) in [6.45, 7) is 3.85. The van der Waals surface area contributed by atoms with E-state index in [0.717, 1.165) is 22.5 Å². The minimum atomic E-state index is 0.0733. The number of benzene rings is 1. The minimum Gasteiger partial charge on any atom is -0.362 e. The molecule has 124 valence electrons. The Bertz CT molecular complexity index is 900. The summed E-state index contributed by atoms with van der Waals surface area (Å²) in [7, 11) is 1.87. The molecule has 24 heavy (non-hydrogen) atoms. The summed E-state index contributed by atoms with van der Waals surface area (Å²) in [4.78, 5) is 15.5. The fraction of sp³-hybridized carbons (Fsp3) is 0.235. The number of hydrogen-bond acceptors (Lipinski definition) is 4. The lowest BCUT2D eigenvalue weighted by molar-refractivity contribution is 0.102. The summed E-state index contributed by atoms with van der Waals surface area (Å²) < 4.78 is 1.86. The van der Waals surface area contributed by atoms with Gasteiger partial charge in [0.2, 0.25) is 0 Å². The van der Waals surface area contributed by atoms with Crippen molar-refractivity contribution in [2.45, 2.75) is 19.0 Å². The number of carbonyl (C=O) groups excluding carboxylic acids is 1. The van der Waals surface area contributed by atoms with E-state index in [2.05, 4.69) is 15.2 Å². The zero-order valence-corrected chi connectivity index (χ0v) is 15.2. The molecule has 0 amide bonds. The van der Waals surface area contributed by atoms with Crippen molar-refractivity contribution in [2.24, 2.45) is 7.05 Å². The van der Waals surface area contributed by atoms with Gasteiger partial charge in [0.15, 0.2) is 16.8 Å². The smallest absolute Gasteiger partial charge is 0.191 e. The normalized spacial score (nSPS) is 11.0. The number of aryl methyl sites for hydroxylation is 2. The summed E-state index contributed by atoms with van der Waals surface area (Å²) in [5, 5.41) is 9.70. The van der Waals surface area contributed by atoms with E-state index >= 15 is 0 Å². The largest absolute Gasteiger partial charge is 0.362 e. The predicted octanol–water partition coefficient (Wildman–Crippen LogP) is 4.06. The number of aromatic amines is 1. The van der Waals surface area contributed by atoms with Crippen LogP contribution in [0.25, 0.3) is 11.4 Å². The molecule has 2 heterocycles. The van der Waals surface area contributed by atoms with Crippen LogP contribution in [-0.4, -0.2) is 31.3 Å². The lowest BCUT2D eigenvalue weighted by Gasteiger charge is -2.05. The lowest BCUT2D eigenvalue weighted by Crippen LogP contribution is -2.04. The predicted molar refractivity (Wildman–Crippen MR) is 96.8 cm³/mol. The average molecular weight is 361 g/mol. The fourth-order valence-electron chi connectivity index (χ4n) is 2.54. The Morgan fingerprint density at radius 1 is 1.29 bits per heavy atom. The van der Waals surface area contributed by atoms with Gasteiger partial charge in [0, 0.05) is 29.6 Å². The van der Waals surface area contributed by atoms with Crippen LogP contribution in [0, 0.1) is 13.8 Å². The van der Waals surface area contributed by atoms with Crippen molar-refractivity contribution in [1.29, 1.82) is 0 Å². The molecule has 0 atom stereocenters. The first-order chi connectivity index (χ1) is 11.5. The first-order valence-corrected chi connectivity index (χ1v) is 8.80. The van der Waals surface area contributed by atoms with Gasteiger partial charge in [-0.1, -0.05) is 35.5 Å². The monoisotopic (exact) mass is 360 g/mol. The highest BCUT2D eigenvalue weighted by Crippen LogP contribution is 2.28. The van der Waals surface area contributed by atoms with Gasteiger partial charge < -0.3 is 9.55 Å². The van der Waals surface area contributed by atoms with Gasteiger partial charge in [-0.05, 0) is 32.0 Å². The van der Waals surface area contributed by atoms with Crippen LogP contribution in [0.2, 0.25) is 5.02 Å². The van der Waals surface area contributed by atoms with E-state index in [1.807, 2.05) is 55.8 Å². The summed E-state index contributed by atoms with van der Waals surface area (Å²) in [6, 6.07) is 9.38. The van der Waals surface area contributed by atoms with Crippen molar-refractivity contribution in [3.8, 4) is 11.4 Å². The molecule has 0 saturated heterocycles. The molecule has 0 bridgehead atoms. The van der Waals surface area contributed by atoms with Crippen molar-refractivity contribution in [3.05, 3.63) is 52.3 Å². The number of thioether (sulfide) groups is 1. The van der Waals surface area contributed by atoms with Crippen LogP contribution >= 0.6 is 23.4 Å². The van der Waals surface area contributed by atoms with E-state index in [4.69, 9.17) is 11.6 Å². The third kappa shape index (κ3) is 3.25. The molecule has 1 N–H and O–H groups in total. The SMILES string of the molecule is Cc1cc(C(=O)CSc2nnc(-c3ccccc3Cl)n2C)c(C)[nH]1. The number of H-pyrrole nitrogens is 1. The van der Waals surface area contributed by atoms with Crippen molar-refractivity contribution in [3.63, 3.8) is 0 Å². The van der Waals surface area contributed by atoms with Crippen molar-refractivity contribution in [1.82, 2.24) is 19.7 Å².